The molecule has 8 nitrogen and oxygen atoms in total. The summed E-state index contributed by atoms with van der Waals surface area (Å²) >= 11 is 0. The molecule has 0 spiro atoms. The number of esters is 1. The molecule has 1 aromatic heterocycles. The van der Waals surface area contributed by atoms with Crippen molar-refractivity contribution in [2.24, 2.45) is 0 Å². The minimum atomic E-state index is -3.72. The van der Waals surface area contributed by atoms with E-state index in [0.717, 1.165) is 0 Å². The fourth-order valence-electron chi connectivity index (χ4n) is 1.06. The van der Waals surface area contributed by atoms with E-state index in [1.165, 1.54) is 6.20 Å². The molecule has 0 aliphatic rings. The lowest BCUT2D eigenvalue weighted by molar-refractivity contribution is -0.139. The zero-order valence-corrected chi connectivity index (χ0v) is 10.1. The van der Waals surface area contributed by atoms with Crippen molar-refractivity contribution in [2.75, 3.05) is 18.1 Å². The molecule has 1 heterocycles. The van der Waals surface area contributed by atoms with Crippen LogP contribution in [0.2, 0.25) is 0 Å². The van der Waals surface area contributed by atoms with Crippen molar-refractivity contribution >= 4 is 21.8 Å². The van der Waals surface area contributed by atoms with Crippen LogP contribution in [0, 0.1) is 0 Å². The second kappa shape index (κ2) is 5.64. The topological polar surface area (TPSA) is 127 Å². The minimum Gasteiger partial charge on any atom is -0.465 e. The van der Waals surface area contributed by atoms with Crippen LogP contribution in [0.15, 0.2) is 6.20 Å². The lowest BCUT2D eigenvalue weighted by atomic mass is 10.3. The number of carbonyl (C=O) groups excluding carboxylic acids is 1. The second-order valence-electron chi connectivity index (χ2n) is 3.19. The molecule has 0 atom stereocenters. The Bertz CT molecular complexity index is 481. The number of nitrogen functional groups attached to an aromatic ring is 1. The third-order valence-electron chi connectivity index (χ3n) is 1.85. The normalized spacial score (nSPS) is 11.4. The third kappa shape index (κ3) is 4.41. The van der Waals surface area contributed by atoms with Crippen LogP contribution in [0.5, 0.6) is 0 Å². The SMILES string of the molecule is CCOC(=O)CS(=O)(=O)NCc1cn[nH]c1N. The highest BCUT2D eigenvalue weighted by atomic mass is 32.2. The highest BCUT2D eigenvalue weighted by Crippen LogP contribution is 2.05. The Hall–Kier alpha value is -1.61. The number of H-pyrrole nitrogens is 1. The molecule has 1 rings (SSSR count). The van der Waals surface area contributed by atoms with Crippen molar-refractivity contribution in [3.8, 4) is 0 Å². The fraction of sp³-hybridized carbons (Fsp3) is 0.500. The van der Waals surface area contributed by atoms with Crippen LogP contribution in [-0.4, -0.2) is 36.9 Å². The van der Waals surface area contributed by atoms with Crippen molar-refractivity contribution in [2.45, 2.75) is 13.5 Å². The van der Waals surface area contributed by atoms with E-state index >= 15 is 0 Å². The quantitative estimate of drug-likeness (QED) is 0.563. The maximum absolute atomic E-state index is 11.4. The molecule has 4 N–H and O–H groups in total. The average molecular weight is 262 g/mol. The summed E-state index contributed by atoms with van der Waals surface area (Å²) in [6.45, 7) is 1.72. The number of anilines is 1. The Morgan fingerprint density at radius 3 is 2.88 bits per heavy atom. The van der Waals surface area contributed by atoms with Gasteiger partial charge in [-0.05, 0) is 6.92 Å². The first kappa shape index (κ1) is 13.5. The highest BCUT2D eigenvalue weighted by Gasteiger charge is 2.17. The Balaban J connectivity index is 2.50. The predicted octanol–water partition coefficient (Wildman–Crippen LogP) is -1.03. The molecule has 0 fully saturated rings. The van der Waals surface area contributed by atoms with E-state index in [2.05, 4.69) is 19.7 Å². The summed E-state index contributed by atoms with van der Waals surface area (Å²) in [5, 5.41) is 6.10. The number of rotatable bonds is 6. The number of hydrogen-bond acceptors (Lipinski definition) is 6. The first-order chi connectivity index (χ1) is 7.94. The average Bonchev–Trinajstić information content (AvgIpc) is 2.60. The number of nitrogens with one attached hydrogen (secondary N) is 2. The van der Waals surface area contributed by atoms with Gasteiger partial charge in [-0.15, -0.1) is 0 Å². The molecule has 0 unspecified atom stereocenters. The van der Waals surface area contributed by atoms with E-state index < -0.39 is 21.7 Å². The van der Waals surface area contributed by atoms with Gasteiger partial charge in [0.1, 0.15) is 5.82 Å². The molecule has 0 radical (unpaired) electrons. The number of ether oxygens (including phenoxy) is 1. The van der Waals surface area contributed by atoms with E-state index in [0.29, 0.717) is 5.56 Å². The van der Waals surface area contributed by atoms with Crippen LogP contribution in [0.4, 0.5) is 5.82 Å². The first-order valence-corrected chi connectivity index (χ1v) is 6.50. The number of aromatic nitrogens is 2. The van der Waals surface area contributed by atoms with Gasteiger partial charge in [0.2, 0.25) is 10.0 Å². The third-order valence-corrected chi connectivity index (χ3v) is 3.05. The molecule has 9 heteroatoms. The zero-order chi connectivity index (χ0) is 12.9. The number of aromatic amines is 1. The summed E-state index contributed by atoms with van der Waals surface area (Å²) in [7, 11) is -3.72. The van der Waals surface area contributed by atoms with Gasteiger partial charge in [0, 0.05) is 12.1 Å². The smallest absolute Gasteiger partial charge is 0.322 e. The van der Waals surface area contributed by atoms with Crippen molar-refractivity contribution < 1.29 is 17.9 Å². The van der Waals surface area contributed by atoms with Gasteiger partial charge in [-0.25, -0.2) is 13.1 Å². The Morgan fingerprint density at radius 2 is 2.35 bits per heavy atom. The van der Waals surface area contributed by atoms with Crippen molar-refractivity contribution in [3.05, 3.63) is 11.8 Å². The van der Waals surface area contributed by atoms with Crippen LogP contribution < -0.4 is 10.5 Å². The molecule has 96 valence electrons. The zero-order valence-electron chi connectivity index (χ0n) is 9.26. The van der Waals surface area contributed by atoms with E-state index in [-0.39, 0.29) is 19.0 Å². The van der Waals surface area contributed by atoms with E-state index in [4.69, 9.17) is 5.73 Å². The van der Waals surface area contributed by atoms with E-state index in [1.54, 1.807) is 6.92 Å². The molecule has 0 amide bonds. The monoisotopic (exact) mass is 262 g/mol. The predicted molar refractivity (Wildman–Crippen MR) is 60.3 cm³/mol. The van der Waals surface area contributed by atoms with Gasteiger partial charge in [0.05, 0.1) is 12.8 Å². The fourth-order valence-corrected chi connectivity index (χ4v) is 1.93. The Labute approximate surface area is 98.6 Å². The van der Waals surface area contributed by atoms with Gasteiger partial charge < -0.3 is 10.5 Å². The minimum absolute atomic E-state index is 0.0237. The van der Waals surface area contributed by atoms with E-state index in [9.17, 15) is 13.2 Å². The largest absolute Gasteiger partial charge is 0.465 e. The summed E-state index contributed by atoms with van der Waals surface area (Å²) < 4.78 is 29.6. The van der Waals surface area contributed by atoms with Gasteiger partial charge in [0.15, 0.2) is 5.75 Å². The number of carbonyl (C=O) groups is 1. The van der Waals surface area contributed by atoms with Gasteiger partial charge in [-0.3, -0.25) is 9.89 Å². The number of hydrogen-bond donors (Lipinski definition) is 3. The Kier molecular flexibility index (Phi) is 4.46. The molecular weight excluding hydrogens is 248 g/mol. The summed E-state index contributed by atoms with van der Waals surface area (Å²) in [6.07, 6.45) is 1.40. The van der Waals surface area contributed by atoms with Crippen LogP contribution in [0.1, 0.15) is 12.5 Å². The van der Waals surface area contributed by atoms with E-state index in [1.807, 2.05) is 0 Å². The molecule has 17 heavy (non-hydrogen) atoms. The van der Waals surface area contributed by atoms with Gasteiger partial charge in [0.25, 0.3) is 0 Å². The molecule has 0 bridgehead atoms. The highest BCUT2D eigenvalue weighted by molar-refractivity contribution is 7.90. The summed E-state index contributed by atoms with van der Waals surface area (Å²) in [6, 6.07) is 0. The second-order valence-corrected chi connectivity index (χ2v) is 5.00. The molecule has 0 aromatic carbocycles. The lowest BCUT2D eigenvalue weighted by Gasteiger charge is -2.05. The number of nitrogens with zero attached hydrogens (tertiary/aromatic N) is 1. The summed E-state index contributed by atoms with van der Waals surface area (Å²) in [5.41, 5.74) is 5.99. The molecule has 0 saturated carbocycles. The molecule has 0 aliphatic heterocycles. The van der Waals surface area contributed by atoms with Crippen molar-refractivity contribution in [3.63, 3.8) is 0 Å². The molecule has 0 saturated heterocycles. The number of sulfonamides is 1. The van der Waals surface area contributed by atoms with Gasteiger partial charge in [-0.2, -0.15) is 5.10 Å². The molecule has 0 aliphatic carbocycles. The summed E-state index contributed by atoms with van der Waals surface area (Å²) in [4.78, 5) is 11.0. The van der Waals surface area contributed by atoms with Crippen LogP contribution in [0.25, 0.3) is 0 Å². The maximum atomic E-state index is 11.4. The van der Waals surface area contributed by atoms with Crippen LogP contribution in [-0.2, 0) is 26.1 Å². The molecular formula is C8H14N4O4S. The summed E-state index contributed by atoms with van der Waals surface area (Å²) in [5.74, 6) is -1.22. The maximum Gasteiger partial charge on any atom is 0.322 e. The Morgan fingerprint density at radius 1 is 1.65 bits per heavy atom. The van der Waals surface area contributed by atoms with Gasteiger partial charge >= 0.3 is 5.97 Å². The van der Waals surface area contributed by atoms with Crippen LogP contribution in [0.3, 0.4) is 0 Å². The van der Waals surface area contributed by atoms with Crippen molar-refractivity contribution in [1.29, 1.82) is 0 Å². The van der Waals surface area contributed by atoms with Crippen LogP contribution >= 0.6 is 0 Å². The lowest BCUT2D eigenvalue weighted by Crippen LogP contribution is -2.30. The first-order valence-electron chi connectivity index (χ1n) is 4.85. The number of nitrogens with two attached hydrogens (primary N) is 1. The molecule has 1 aromatic rings. The van der Waals surface area contributed by atoms with Crippen molar-refractivity contribution in [1.82, 2.24) is 14.9 Å². The standard InChI is InChI=1S/C8H14N4O4S/c1-2-16-7(13)5-17(14,15)11-4-6-3-10-12-8(6)9/h3,11H,2,4-5H2,1H3,(H3,9,10,12). The van der Waals surface area contributed by atoms with Gasteiger partial charge in [-0.1, -0.05) is 0 Å².